The Balaban J connectivity index is 1.66. The molecular formula is C25H30N4O5. The summed E-state index contributed by atoms with van der Waals surface area (Å²) in [5.74, 6) is -4.19. The van der Waals surface area contributed by atoms with Crippen molar-refractivity contribution < 1.29 is 25.2 Å². The number of anilines is 1. The van der Waals surface area contributed by atoms with Gasteiger partial charge in [0.25, 0.3) is 5.91 Å². The Hall–Kier alpha value is -2.90. The van der Waals surface area contributed by atoms with Crippen LogP contribution in [0.1, 0.15) is 76.1 Å². The smallest absolute Gasteiger partial charge is 0.270 e. The fraction of sp³-hybridized carbons (Fsp3) is 0.520. The molecule has 0 spiro atoms. The summed E-state index contributed by atoms with van der Waals surface area (Å²) in [6.45, 7) is 3.99. The molecule has 1 amide bonds. The van der Waals surface area contributed by atoms with Gasteiger partial charge in [-0.25, -0.2) is 0 Å². The molecular weight excluding hydrogens is 436 g/mol. The minimum Gasteiger partial charge on any atom is -0.366 e. The first kappa shape index (κ1) is 24.2. The molecule has 3 aliphatic rings. The van der Waals surface area contributed by atoms with E-state index in [1.54, 1.807) is 18.2 Å². The number of hydrogen-bond donors (Lipinski definition) is 5. The first-order valence-electron chi connectivity index (χ1n) is 11.4. The molecule has 2 heterocycles. The molecule has 1 unspecified atom stereocenters. The summed E-state index contributed by atoms with van der Waals surface area (Å²) in [7, 11) is 0. The van der Waals surface area contributed by atoms with E-state index in [0.29, 0.717) is 29.1 Å². The van der Waals surface area contributed by atoms with Gasteiger partial charge >= 0.3 is 0 Å². The summed E-state index contributed by atoms with van der Waals surface area (Å²) in [6, 6.07) is 5.52. The molecule has 9 nitrogen and oxygen atoms in total. The van der Waals surface area contributed by atoms with E-state index in [9.17, 15) is 25.2 Å². The Morgan fingerprint density at radius 1 is 1.18 bits per heavy atom. The molecule has 5 N–H and O–H groups in total. The standard InChI is InChI=1S/C25H30N4O5/c1-23(2)10-17(11-25(33,34)14-23)18-3-4-19(29-22(30)20-9-15(12-26)13-27-20)21(28-18)16-5-7-24(31,32)8-6-16/h3-5,13,17,31-34H,6-11,14H2,1-2H3,(H,29,30). The van der Waals surface area contributed by atoms with E-state index in [1.807, 2.05) is 19.9 Å². The Morgan fingerprint density at radius 2 is 1.94 bits per heavy atom. The summed E-state index contributed by atoms with van der Waals surface area (Å²) in [4.78, 5) is 21.7. The van der Waals surface area contributed by atoms with E-state index in [4.69, 9.17) is 10.2 Å². The van der Waals surface area contributed by atoms with Crippen molar-refractivity contribution in [3.05, 3.63) is 41.4 Å². The molecule has 0 radical (unpaired) electrons. The number of hydrogen-bond acceptors (Lipinski definition) is 8. The van der Waals surface area contributed by atoms with Crippen LogP contribution in [-0.2, 0) is 4.79 Å². The predicted octanol–water partition coefficient (Wildman–Crippen LogP) is 2.50. The van der Waals surface area contributed by atoms with E-state index in [1.165, 1.54) is 6.20 Å². The average molecular weight is 467 g/mol. The van der Waals surface area contributed by atoms with Crippen molar-refractivity contribution in [2.45, 2.75) is 76.3 Å². The van der Waals surface area contributed by atoms with Crippen molar-refractivity contribution in [1.82, 2.24) is 4.98 Å². The molecule has 34 heavy (non-hydrogen) atoms. The zero-order chi connectivity index (χ0) is 24.7. The fourth-order valence-electron chi connectivity index (χ4n) is 5.17. The van der Waals surface area contributed by atoms with Crippen LogP contribution < -0.4 is 5.32 Å². The van der Waals surface area contributed by atoms with Gasteiger partial charge in [-0.3, -0.25) is 14.8 Å². The second-order valence-electron chi connectivity index (χ2n) is 10.4. The fourth-order valence-corrected chi connectivity index (χ4v) is 5.17. The van der Waals surface area contributed by atoms with Gasteiger partial charge in [0.2, 0.25) is 0 Å². The van der Waals surface area contributed by atoms with Gasteiger partial charge in [0.1, 0.15) is 5.71 Å². The number of carbonyl (C=O) groups excluding carboxylic acids is 1. The number of nitriles is 1. The Morgan fingerprint density at radius 3 is 2.56 bits per heavy atom. The van der Waals surface area contributed by atoms with Gasteiger partial charge in [0, 0.05) is 49.9 Å². The molecule has 0 bridgehead atoms. The van der Waals surface area contributed by atoms with Gasteiger partial charge in [0.15, 0.2) is 11.6 Å². The Labute approximate surface area is 198 Å². The van der Waals surface area contributed by atoms with Crippen molar-refractivity contribution in [2.75, 3.05) is 5.32 Å². The molecule has 1 fully saturated rings. The lowest BCUT2D eigenvalue weighted by Crippen LogP contribution is -2.42. The first-order valence-corrected chi connectivity index (χ1v) is 11.4. The highest BCUT2D eigenvalue weighted by atomic mass is 16.5. The van der Waals surface area contributed by atoms with Crippen molar-refractivity contribution >= 4 is 22.9 Å². The molecule has 180 valence electrons. The average Bonchev–Trinajstić information content (AvgIpc) is 3.21. The van der Waals surface area contributed by atoms with Gasteiger partial charge in [0.05, 0.1) is 23.0 Å². The first-order chi connectivity index (χ1) is 15.9. The van der Waals surface area contributed by atoms with Crippen LogP contribution in [-0.4, -0.2) is 48.6 Å². The van der Waals surface area contributed by atoms with Crippen molar-refractivity contribution in [3.63, 3.8) is 0 Å². The molecule has 1 saturated carbocycles. The van der Waals surface area contributed by atoms with E-state index >= 15 is 0 Å². The molecule has 1 aromatic heterocycles. The maximum Gasteiger partial charge on any atom is 0.270 e. The lowest BCUT2D eigenvalue weighted by atomic mass is 9.68. The number of nitrogens with one attached hydrogen (secondary N) is 1. The molecule has 0 saturated heterocycles. The van der Waals surface area contributed by atoms with E-state index in [-0.39, 0.29) is 49.1 Å². The number of aliphatic hydroxyl groups is 4. The summed E-state index contributed by atoms with van der Waals surface area (Å²) in [5, 5.41) is 52.6. The summed E-state index contributed by atoms with van der Waals surface area (Å²) >= 11 is 0. The summed E-state index contributed by atoms with van der Waals surface area (Å²) in [6.07, 6.45) is 4.93. The number of aromatic nitrogens is 1. The topological polar surface area (TPSA) is 159 Å². The van der Waals surface area contributed by atoms with Crippen LogP contribution in [0.4, 0.5) is 5.69 Å². The quantitative estimate of drug-likeness (QED) is 0.426. The highest BCUT2D eigenvalue weighted by Gasteiger charge is 2.43. The van der Waals surface area contributed by atoms with Crippen molar-refractivity contribution in [3.8, 4) is 6.07 Å². The lowest BCUT2D eigenvalue weighted by molar-refractivity contribution is -0.206. The number of aliphatic imine (C=N–C) groups is 1. The highest BCUT2D eigenvalue weighted by molar-refractivity contribution is 6.44. The molecule has 9 heteroatoms. The third-order valence-electron chi connectivity index (χ3n) is 6.63. The van der Waals surface area contributed by atoms with Crippen molar-refractivity contribution in [2.24, 2.45) is 10.4 Å². The second kappa shape index (κ2) is 8.71. The zero-order valence-corrected chi connectivity index (χ0v) is 19.4. The number of pyridine rings is 1. The normalized spacial score (nSPS) is 25.0. The number of carbonyl (C=O) groups is 1. The van der Waals surface area contributed by atoms with Crippen LogP contribution in [0.2, 0.25) is 0 Å². The number of rotatable bonds is 4. The van der Waals surface area contributed by atoms with Gasteiger partial charge in [-0.2, -0.15) is 5.26 Å². The molecule has 1 aliphatic heterocycles. The van der Waals surface area contributed by atoms with Crippen LogP contribution in [0.3, 0.4) is 0 Å². The predicted molar refractivity (Wildman–Crippen MR) is 125 cm³/mol. The van der Waals surface area contributed by atoms with Crippen molar-refractivity contribution in [1.29, 1.82) is 5.26 Å². The van der Waals surface area contributed by atoms with Crippen LogP contribution in [0.25, 0.3) is 5.57 Å². The third-order valence-corrected chi connectivity index (χ3v) is 6.63. The van der Waals surface area contributed by atoms with Gasteiger partial charge in [-0.1, -0.05) is 19.9 Å². The SMILES string of the molecule is CC1(C)CC(c2ccc(NC(=O)C3=NC=C(C#N)C3)c(C3=CCC(O)(O)CC3)n2)CC(O)(O)C1. The van der Waals surface area contributed by atoms with Crippen LogP contribution in [0, 0.1) is 16.7 Å². The molecule has 1 aromatic rings. The van der Waals surface area contributed by atoms with E-state index < -0.39 is 17.5 Å². The monoisotopic (exact) mass is 466 g/mol. The number of allylic oxidation sites excluding steroid dienone is 2. The molecule has 2 aliphatic carbocycles. The highest BCUT2D eigenvalue weighted by Crippen LogP contribution is 2.47. The molecule has 1 atom stereocenters. The summed E-state index contributed by atoms with van der Waals surface area (Å²) in [5.41, 5.74) is 2.77. The third kappa shape index (κ3) is 5.42. The van der Waals surface area contributed by atoms with Gasteiger partial charge < -0.3 is 25.7 Å². The van der Waals surface area contributed by atoms with Crippen LogP contribution in [0.5, 0.6) is 0 Å². The summed E-state index contributed by atoms with van der Waals surface area (Å²) < 4.78 is 0. The van der Waals surface area contributed by atoms with Gasteiger partial charge in [-0.05, 0) is 36.0 Å². The Kier molecular flexibility index (Phi) is 6.21. The lowest BCUT2D eigenvalue weighted by Gasteiger charge is -2.42. The Bertz CT molecular complexity index is 1120. The minimum absolute atomic E-state index is 0.0383. The van der Waals surface area contributed by atoms with E-state index in [0.717, 1.165) is 12.0 Å². The van der Waals surface area contributed by atoms with E-state index in [2.05, 4.69) is 10.3 Å². The maximum absolute atomic E-state index is 12.8. The minimum atomic E-state index is -1.79. The van der Waals surface area contributed by atoms with Gasteiger partial charge in [-0.15, -0.1) is 0 Å². The maximum atomic E-state index is 12.8. The largest absolute Gasteiger partial charge is 0.366 e. The molecule has 4 rings (SSSR count). The number of nitrogens with zero attached hydrogens (tertiary/aromatic N) is 3. The zero-order valence-electron chi connectivity index (χ0n) is 19.4. The van der Waals surface area contributed by atoms with Crippen LogP contribution >= 0.6 is 0 Å². The van der Waals surface area contributed by atoms with Crippen LogP contribution in [0.15, 0.2) is 35.0 Å². The number of amides is 1. The molecule has 0 aromatic carbocycles. The second-order valence-corrected chi connectivity index (χ2v) is 10.4.